The van der Waals surface area contributed by atoms with E-state index in [0.717, 1.165) is 27.3 Å². The van der Waals surface area contributed by atoms with Crippen LogP contribution in [-0.2, 0) is 14.8 Å². The number of carbonyl (C=O) groups excluding carboxylic acids is 1. The molecule has 0 aromatic heterocycles. The second-order valence-electron chi connectivity index (χ2n) is 7.08. The zero-order chi connectivity index (χ0) is 21.9. The lowest BCUT2D eigenvalue weighted by Gasteiger charge is -2.24. The minimum Gasteiger partial charge on any atom is -0.348 e. The Hall–Kier alpha value is -2.94. The van der Waals surface area contributed by atoms with Gasteiger partial charge in [0.15, 0.2) is 0 Å². The van der Waals surface area contributed by atoms with E-state index < -0.39 is 27.4 Å². The Bertz CT molecular complexity index is 1050. The summed E-state index contributed by atoms with van der Waals surface area (Å²) in [5.74, 6) is -0.507. The van der Waals surface area contributed by atoms with Gasteiger partial charge in [-0.1, -0.05) is 24.3 Å². The van der Waals surface area contributed by atoms with Gasteiger partial charge in [-0.15, -0.1) is 0 Å². The summed E-state index contributed by atoms with van der Waals surface area (Å²) in [6, 6.07) is 9.65. The Labute approximate surface area is 170 Å². The summed E-state index contributed by atoms with van der Waals surface area (Å²) in [6.07, 6.45) is 0.964. The molecule has 156 valence electrons. The molecule has 29 heavy (non-hydrogen) atoms. The van der Waals surface area contributed by atoms with Crippen molar-refractivity contribution in [2.24, 2.45) is 0 Å². The van der Waals surface area contributed by atoms with Gasteiger partial charge in [0.05, 0.1) is 28.5 Å². The first-order valence-electron chi connectivity index (χ1n) is 9.00. The lowest BCUT2D eigenvalue weighted by atomic mass is 10.0. The Morgan fingerprint density at radius 2 is 1.83 bits per heavy atom. The van der Waals surface area contributed by atoms with Gasteiger partial charge < -0.3 is 5.32 Å². The van der Waals surface area contributed by atoms with Gasteiger partial charge in [0.2, 0.25) is 15.9 Å². The Morgan fingerprint density at radius 1 is 1.17 bits per heavy atom. The number of amides is 1. The fourth-order valence-electron chi connectivity index (χ4n) is 3.00. The molecule has 0 aliphatic rings. The molecule has 2 aromatic carbocycles. The third-order valence-electron chi connectivity index (χ3n) is 4.84. The summed E-state index contributed by atoms with van der Waals surface area (Å²) in [5, 5.41) is 14.0. The van der Waals surface area contributed by atoms with Crippen LogP contribution in [-0.4, -0.2) is 32.0 Å². The maximum absolute atomic E-state index is 12.6. The topological polar surface area (TPSA) is 110 Å². The molecule has 0 aliphatic carbocycles. The molecule has 0 saturated heterocycles. The Balaban J connectivity index is 2.27. The number of anilines is 1. The summed E-state index contributed by atoms with van der Waals surface area (Å²) >= 11 is 0. The molecule has 2 rings (SSSR count). The van der Waals surface area contributed by atoms with Crippen molar-refractivity contribution >= 4 is 27.3 Å². The predicted molar refractivity (Wildman–Crippen MR) is 112 cm³/mol. The molecule has 9 heteroatoms. The van der Waals surface area contributed by atoms with Gasteiger partial charge in [-0.2, -0.15) is 0 Å². The van der Waals surface area contributed by atoms with Crippen LogP contribution in [0.2, 0.25) is 0 Å². The summed E-state index contributed by atoms with van der Waals surface area (Å²) in [4.78, 5) is 23.2. The molecule has 0 saturated carbocycles. The number of nitro benzene ring substituents is 1. The van der Waals surface area contributed by atoms with Crippen LogP contribution in [0.4, 0.5) is 11.4 Å². The fourth-order valence-corrected chi connectivity index (χ4v) is 3.90. The Morgan fingerprint density at radius 3 is 2.38 bits per heavy atom. The fraction of sp³-hybridized carbons (Fsp3) is 0.350. The van der Waals surface area contributed by atoms with Crippen molar-refractivity contribution in [1.29, 1.82) is 0 Å². The molecule has 0 fully saturated rings. The van der Waals surface area contributed by atoms with E-state index >= 15 is 0 Å². The number of carbonyl (C=O) groups is 1. The molecular weight excluding hydrogens is 394 g/mol. The molecule has 1 amide bonds. The summed E-state index contributed by atoms with van der Waals surface area (Å²) in [7, 11) is -3.84. The second kappa shape index (κ2) is 8.60. The highest BCUT2D eigenvalue weighted by molar-refractivity contribution is 7.92. The number of aryl methyl sites for hydroxylation is 2. The highest BCUT2D eigenvalue weighted by Crippen LogP contribution is 2.29. The normalized spacial score (nSPS) is 12.3. The van der Waals surface area contributed by atoms with Gasteiger partial charge in [-0.25, -0.2) is 8.42 Å². The maximum atomic E-state index is 12.6. The van der Waals surface area contributed by atoms with E-state index in [4.69, 9.17) is 0 Å². The molecule has 0 spiro atoms. The minimum atomic E-state index is -3.84. The number of hydrogen-bond donors (Lipinski definition) is 1. The molecule has 1 atom stereocenters. The van der Waals surface area contributed by atoms with Crippen LogP contribution in [0.15, 0.2) is 36.4 Å². The van der Waals surface area contributed by atoms with Crippen molar-refractivity contribution in [3.8, 4) is 0 Å². The first-order valence-corrected chi connectivity index (χ1v) is 10.8. The van der Waals surface area contributed by atoms with E-state index in [9.17, 15) is 23.3 Å². The first kappa shape index (κ1) is 22.4. The standard InChI is InChI=1S/C20H25N3O5S/c1-13-9-10-17(11-14(13)2)16(4)21-20(24)12-22(29(5,27)28)18-7-6-8-19(15(18)3)23(25)26/h6-11,16H,12H2,1-5H3,(H,21,24). The number of nitro groups is 1. The number of rotatable bonds is 7. The van der Waals surface area contributed by atoms with E-state index in [1.165, 1.54) is 25.1 Å². The van der Waals surface area contributed by atoms with Crippen molar-refractivity contribution in [3.05, 3.63) is 68.8 Å². The average molecular weight is 420 g/mol. The maximum Gasteiger partial charge on any atom is 0.274 e. The summed E-state index contributed by atoms with van der Waals surface area (Å²) < 4.78 is 25.5. The second-order valence-corrected chi connectivity index (χ2v) is 8.99. The zero-order valence-corrected chi connectivity index (χ0v) is 17.9. The molecule has 1 unspecified atom stereocenters. The number of sulfonamides is 1. The van der Waals surface area contributed by atoms with Crippen molar-refractivity contribution in [2.75, 3.05) is 17.1 Å². The summed E-state index contributed by atoms with van der Waals surface area (Å²) in [5.41, 5.74) is 3.21. The first-order chi connectivity index (χ1) is 13.4. The number of hydrogen-bond acceptors (Lipinski definition) is 5. The largest absolute Gasteiger partial charge is 0.348 e. The van der Waals surface area contributed by atoms with Crippen LogP contribution in [0.1, 0.15) is 35.2 Å². The highest BCUT2D eigenvalue weighted by Gasteiger charge is 2.26. The van der Waals surface area contributed by atoms with Crippen LogP contribution in [0.25, 0.3) is 0 Å². The average Bonchev–Trinajstić information content (AvgIpc) is 2.61. The predicted octanol–water partition coefficient (Wildman–Crippen LogP) is 3.16. The van der Waals surface area contributed by atoms with E-state index in [0.29, 0.717) is 0 Å². The smallest absolute Gasteiger partial charge is 0.274 e. The van der Waals surface area contributed by atoms with Gasteiger partial charge in [-0.05, 0) is 50.5 Å². The van der Waals surface area contributed by atoms with Gasteiger partial charge in [0.1, 0.15) is 6.54 Å². The molecule has 1 N–H and O–H groups in total. The van der Waals surface area contributed by atoms with Gasteiger partial charge in [0, 0.05) is 6.07 Å². The number of nitrogens with zero attached hydrogens (tertiary/aromatic N) is 2. The summed E-state index contributed by atoms with van der Waals surface area (Å²) in [6.45, 7) is 6.76. The minimum absolute atomic E-state index is 0.107. The van der Waals surface area contributed by atoms with Gasteiger partial charge in [-0.3, -0.25) is 19.2 Å². The number of benzene rings is 2. The Kier molecular flexibility index (Phi) is 6.63. The SMILES string of the molecule is Cc1ccc(C(C)NC(=O)CN(c2cccc([N+](=O)[O-])c2C)S(C)(=O)=O)cc1C. The highest BCUT2D eigenvalue weighted by atomic mass is 32.2. The van der Waals surface area contributed by atoms with Gasteiger partial charge in [0.25, 0.3) is 5.69 Å². The third-order valence-corrected chi connectivity index (χ3v) is 5.96. The third kappa shape index (κ3) is 5.32. The van der Waals surface area contributed by atoms with Crippen molar-refractivity contribution in [1.82, 2.24) is 5.32 Å². The van der Waals surface area contributed by atoms with E-state index in [2.05, 4.69) is 5.32 Å². The zero-order valence-electron chi connectivity index (χ0n) is 17.1. The molecule has 0 heterocycles. The molecular formula is C20H25N3O5S. The van der Waals surface area contributed by atoms with Crippen LogP contribution in [0.3, 0.4) is 0 Å². The molecule has 0 bridgehead atoms. The lowest BCUT2D eigenvalue weighted by molar-refractivity contribution is -0.385. The van der Waals surface area contributed by atoms with E-state index in [1.807, 2.05) is 39.0 Å². The quantitative estimate of drug-likeness (QED) is 0.548. The monoisotopic (exact) mass is 419 g/mol. The van der Waals surface area contributed by atoms with Crippen LogP contribution < -0.4 is 9.62 Å². The van der Waals surface area contributed by atoms with E-state index in [1.54, 1.807) is 0 Å². The molecule has 2 aromatic rings. The van der Waals surface area contributed by atoms with Crippen molar-refractivity contribution in [3.63, 3.8) is 0 Å². The lowest BCUT2D eigenvalue weighted by Crippen LogP contribution is -2.41. The molecule has 8 nitrogen and oxygen atoms in total. The van der Waals surface area contributed by atoms with Crippen LogP contribution >= 0.6 is 0 Å². The van der Waals surface area contributed by atoms with Gasteiger partial charge >= 0.3 is 0 Å². The molecule has 0 radical (unpaired) electrons. The number of nitrogens with one attached hydrogen (secondary N) is 1. The van der Waals surface area contributed by atoms with E-state index in [-0.39, 0.29) is 23.0 Å². The van der Waals surface area contributed by atoms with Crippen LogP contribution in [0, 0.1) is 30.9 Å². The van der Waals surface area contributed by atoms with Crippen LogP contribution in [0.5, 0.6) is 0 Å². The van der Waals surface area contributed by atoms with Crippen molar-refractivity contribution in [2.45, 2.75) is 33.7 Å². The van der Waals surface area contributed by atoms with Crippen molar-refractivity contribution < 1.29 is 18.1 Å². The molecule has 0 aliphatic heterocycles.